The average molecular weight is 411 g/mol. The topological polar surface area (TPSA) is 41.6 Å². The summed E-state index contributed by atoms with van der Waals surface area (Å²) in [6, 6.07) is 10.3. The molecule has 8 heteroatoms. The number of ether oxygens (including phenoxy) is 1. The summed E-state index contributed by atoms with van der Waals surface area (Å²) in [5, 5.41) is 2.80. The second-order valence-electron chi connectivity index (χ2n) is 6.20. The number of hydrogen-bond donors (Lipinski definition) is 1. The molecule has 0 spiro atoms. The molecule has 1 aliphatic rings. The van der Waals surface area contributed by atoms with Gasteiger partial charge in [0.05, 0.1) is 18.8 Å². The third kappa shape index (κ3) is 5.27. The molecule has 0 radical (unpaired) electrons. The molecule has 2 aromatic carbocycles. The van der Waals surface area contributed by atoms with Crippen LogP contribution in [0.2, 0.25) is 5.02 Å². The molecular formula is C20H18ClF3N2O2. The van der Waals surface area contributed by atoms with Crippen LogP contribution in [0.15, 0.2) is 48.5 Å². The van der Waals surface area contributed by atoms with E-state index in [9.17, 15) is 18.0 Å². The summed E-state index contributed by atoms with van der Waals surface area (Å²) in [5.74, 6) is -0.465. The van der Waals surface area contributed by atoms with Crippen LogP contribution < -0.4 is 10.2 Å². The number of alkyl halides is 3. The maximum atomic E-state index is 12.8. The van der Waals surface area contributed by atoms with E-state index in [1.165, 1.54) is 6.08 Å². The van der Waals surface area contributed by atoms with Gasteiger partial charge >= 0.3 is 6.18 Å². The van der Waals surface area contributed by atoms with Crippen LogP contribution in [0.3, 0.4) is 0 Å². The van der Waals surface area contributed by atoms with Crippen LogP contribution in [-0.2, 0) is 15.7 Å². The Morgan fingerprint density at radius 3 is 2.43 bits per heavy atom. The fourth-order valence-electron chi connectivity index (χ4n) is 2.77. The molecule has 1 saturated heterocycles. The third-order valence-electron chi connectivity index (χ3n) is 4.25. The number of halogens is 4. The zero-order chi connectivity index (χ0) is 20.1. The zero-order valence-electron chi connectivity index (χ0n) is 14.8. The van der Waals surface area contributed by atoms with Crippen LogP contribution in [0.1, 0.15) is 11.1 Å². The van der Waals surface area contributed by atoms with E-state index in [1.807, 2.05) is 12.1 Å². The van der Waals surface area contributed by atoms with Gasteiger partial charge in [-0.2, -0.15) is 13.2 Å². The Morgan fingerprint density at radius 2 is 1.79 bits per heavy atom. The van der Waals surface area contributed by atoms with Gasteiger partial charge in [0.25, 0.3) is 0 Å². The number of nitrogens with zero attached hydrogens (tertiary/aromatic N) is 1. The van der Waals surface area contributed by atoms with Gasteiger partial charge in [-0.05, 0) is 54.1 Å². The first-order valence-corrected chi connectivity index (χ1v) is 8.99. The van der Waals surface area contributed by atoms with Crippen molar-refractivity contribution in [2.24, 2.45) is 0 Å². The van der Waals surface area contributed by atoms with E-state index in [1.54, 1.807) is 12.1 Å². The van der Waals surface area contributed by atoms with Crippen molar-refractivity contribution in [3.05, 3.63) is 64.7 Å². The van der Waals surface area contributed by atoms with Crippen LogP contribution in [0.25, 0.3) is 6.08 Å². The normalized spacial score (nSPS) is 15.1. The quantitative estimate of drug-likeness (QED) is 0.733. The molecular weight excluding hydrogens is 393 g/mol. The van der Waals surface area contributed by atoms with E-state index >= 15 is 0 Å². The van der Waals surface area contributed by atoms with Crippen molar-refractivity contribution in [3.8, 4) is 0 Å². The minimum atomic E-state index is -4.47. The molecule has 3 rings (SSSR count). The van der Waals surface area contributed by atoms with E-state index in [0.717, 1.165) is 43.1 Å². The zero-order valence-corrected chi connectivity index (χ0v) is 15.6. The minimum Gasteiger partial charge on any atom is -0.378 e. The predicted octanol–water partition coefficient (Wildman–Crippen LogP) is 4.85. The van der Waals surface area contributed by atoms with Gasteiger partial charge in [-0.15, -0.1) is 0 Å². The van der Waals surface area contributed by atoms with Crippen LogP contribution in [0.5, 0.6) is 0 Å². The maximum absolute atomic E-state index is 12.8. The molecule has 1 fully saturated rings. The van der Waals surface area contributed by atoms with Gasteiger partial charge in [0.15, 0.2) is 0 Å². The van der Waals surface area contributed by atoms with Crippen molar-refractivity contribution in [3.63, 3.8) is 0 Å². The van der Waals surface area contributed by atoms with Gasteiger partial charge in [-0.25, -0.2) is 0 Å². The molecule has 0 unspecified atom stereocenters. The van der Waals surface area contributed by atoms with Gasteiger partial charge in [0.2, 0.25) is 5.91 Å². The summed E-state index contributed by atoms with van der Waals surface area (Å²) in [6.07, 6.45) is -2.07. The lowest BCUT2D eigenvalue weighted by atomic mass is 10.1. The first-order valence-electron chi connectivity index (χ1n) is 8.61. The number of hydrogen-bond acceptors (Lipinski definition) is 3. The molecule has 1 amide bonds. The highest BCUT2D eigenvalue weighted by molar-refractivity contribution is 6.32. The monoisotopic (exact) mass is 410 g/mol. The molecule has 1 heterocycles. The Balaban J connectivity index is 1.64. The third-order valence-corrected chi connectivity index (χ3v) is 4.59. The smallest absolute Gasteiger partial charge is 0.378 e. The molecule has 1 aliphatic heterocycles. The van der Waals surface area contributed by atoms with Gasteiger partial charge in [-0.1, -0.05) is 11.6 Å². The number of morpholine rings is 1. The molecule has 1 N–H and O–H groups in total. The Bertz CT molecular complexity index is 861. The average Bonchev–Trinajstić information content (AvgIpc) is 2.68. The first kappa shape index (κ1) is 20.2. The standard InChI is InChI=1S/C20H18ClF3N2O2/c21-18-7-2-15(20(22,23)24)13-14(18)1-8-19(27)25-16-3-5-17(6-4-16)26-9-11-28-12-10-26/h1-8,13H,9-12H2,(H,25,27)/b8-1+. The summed E-state index contributed by atoms with van der Waals surface area (Å²) in [4.78, 5) is 14.3. The molecule has 2 aromatic rings. The molecule has 0 bridgehead atoms. The molecule has 0 aliphatic carbocycles. The highest BCUT2D eigenvalue weighted by Gasteiger charge is 2.30. The van der Waals surface area contributed by atoms with E-state index in [-0.39, 0.29) is 10.6 Å². The second-order valence-corrected chi connectivity index (χ2v) is 6.61. The van der Waals surface area contributed by atoms with Crippen molar-refractivity contribution in [1.82, 2.24) is 0 Å². The van der Waals surface area contributed by atoms with Gasteiger partial charge in [-0.3, -0.25) is 4.79 Å². The van der Waals surface area contributed by atoms with Crippen molar-refractivity contribution >= 4 is 35.0 Å². The number of benzene rings is 2. The maximum Gasteiger partial charge on any atom is 0.416 e. The summed E-state index contributed by atoms with van der Waals surface area (Å²) in [7, 11) is 0. The van der Waals surface area contributed by atoms with Gasteiger partial charge in [0.1, 0.15) is 0 Å². The molecule has 0 aromatic heterocycles. The number of nitrogens with one attached hydrogen (secondary N) is 1. The van der Waals surface area contributed by atoms with Crippen molar-refractivity contribution in [2.45, 2.75) is 6.18 Å². The Morgan fingerprint density at radius 1 is 1.11 bits per heavy atom. The lowest BCUT2D eigenvalue weighted by Gasteiger charge is -2.28. The minimum absolute atomic E-state index is 0.120. The highest BCUT2D eigenvalue weighted by Crippen LogP contribution is 2.32. The van der Waals surface area contributed by atoms with Crippen molar-refractivity contribution in [1.29, 1.82) is 0 Å². The van der Waals surface area contributed by atoms with Crippen molar-refractivity contribution < 1.29 is 22.7 Å². The highest BCUT2D eigenvalue weighted by atomic mass is 35.5. The van der Waals surface area contributed by atoms with Crippen LogP contribution >= 0.6 is 11.6 Å². The van der Waals surface area contributed by atoms with Gasteiger partial charge < -0.3 is 15.0 Å². The van der Waals surface area contributed by atoms with Crippen molar-refractivity contribution in [2.75, 3.05) is 36.5 Å². The second kappa shape index (κ2) is 8.67. The van der Waals surface area contributed by atoms with Gasteiger partial charge in [0, 0.05) is 35.6 Å². The molecule has 0 saturated carbocycles. The van der Waals surface area contributed by atoms with E-state index in [2.05, 4.69) is 10.2 Å². The summed E-state index contributed by atoms with van der Waals surface area (Å²) in [6.45, 7) is 2.99. The van der Waals surface area contributed by atoms with E-state index < -0.39 is 17.6 Å². The number of amides is 1. The Hall–Kier alpha value is -2.51. The summed E-state index contributed by atoms with van der Waals surface area (Å²) >= 11 is 5.92. The molecule has 28 heavy (non-hydrogen) atoms. The Kier molecular flexibility index (Phi) is 6.26. The Labute approximate surface area is 165 Å². The number of carbonyl (C=O) groups excluding carboxylic acids is 1. The molecule has 4 nitrogen and oxygen atoms in total. The largest absolute Gasteiger partial charge is 0.416 e. The van der Waals surface area contributed by atoms with Crippen LogP contribution in [-0.4, -0.2) is 32.2 Å². The summed E-state index contributed by atoms with van der Waals surface area (Å²) in [5.41, 5.74) is 0.916. The van der Waals surface area contributed by atoms with E-state index in [4.69, 9.17) is 16.3 Å². The first-order chi connectivity index (χ1) is 13.3. The molecule has 148 valence electrons. The molecule has 0 atom stereocenters. The fraction of sp³-hybridized carbons (Fsp3) is 0.250. The SMILES string of the molecule is O=C(/C=C/c1cc(C(F)(F)F)ccc1Cl)Nc1ccc(N2CCOCC2)cc1. The van der Waals surface area contributed by atoms with Crippen LogP contribution in [0, 0.1) is 0 Å². The lowest BCUT2D eigenvalue weighted by Crippen LogP contribution is -2.36. The number of rotatable bonds is 4. The fourth-order valence-corrected chi connectivity index (χ4v) is 2.95. The van der Waals surface area contributed by atoms with Crippen LogP contribution in [0.4, 0.5) is 24.5 Å². The predicted molar refractivity (Wildman–Crippen MR) is 104 cm³/mol. The lowest BCUT2D eigenvalue weighted by molar-refractivity contribution is -0.137. The number of carbonyl (C=O) groups is 1. The number of anilines is 2. The summed E-state index contributed by atoms with van der Waals surface area (Å²) < 4.78 is 43.7. The van der Waals surface area contributed by atoms with E-state index in [0.29, 0.717) is 18.9 Å².